The van der Waals surface area contributed by atoms with Crippen LogP contribution in [0.4, 0.5) is 5.69 Å². The van der Waals surface area contributed by atoms with Gasteiger partial charge in [-0.1, -0.05) is 30.3 Å². The lowest BCUT2D eigenvalue weighted by Gasteiger charge is -2.06. The number of nitrogens with zero attached hydrogens (tertiary/aromatic N) is 1. The molecule has 0 aliphatic rings. The van der Waals surface area contributed by atoms with Crippen molar-refractivity contribution in [3.05, 3.63) is 54.2 Å². The molecule has 3 heteroatoms. The number of benzene rings is 1. The predicted molar refractivity (Wildman–Crippen MR) is 69.4 cm³/mol. The average Bonchev–Trinajstić information content (AvgIpc) is 2.41. The Hall–Kier alpha value is -2.03. The van der Waals surface area contributed by atoms with Crippen LogP contribution in [0.5, 0.6) is 5.88 Å². The number of anilines is 1. The van der Waals surface area contributed by atoms with Crippen LogP contribution in [0.15, 0.2) is 48.7 Å². The number of hydrogen-bond donors (Lipinski definition) is 1. The third-order valence-electron chi connectivity index (χ3n) is 2.53. The summed E-state index contributed by atoms with van der Waals surface area (Å²) >= 11 is 0. The van der Waals surface area contributed by atoms with Gasteiger partial charge >= 0.3 is 0 Å². The van der Waals surface area contributed by atoms with Crippen LogP contribution < -0.4 is 10.1 Å². The fourth-order valence-corrected chi connectivity index (χ4v) is 1.60. The highest BCUT2D eigenvalue weighted by Crippen LogP contribution is 2.10. The van der Waals surface area contributed by atoms with Crippen LogP contribution in [0.25, 0.3) is 0 Å². The molecule has 0 bridgehead atoms. The van der Waals surface area contributed by atoms with Crippen LogP contribution in [0.1, 0.15) is 5.56 Å². The van der Waals surface area contributed by atoms with Gasteiger partial charge in [0.2, 0.25) is 5.88 Å². The highest BCUT2D eigenvalue weighted by molar-refractivity contribution is 5.42. The first-order valence-electron chi connectivity index (χ1n) is 5.66. The summed E-state index contributed by atoms with van der Waals surface area (Å²) in [5.41, 5.74) is 2.35. The summed E-state index contributed by atoms with van der Waals surface area (Å²) in [6.07, 6.45) is 2.79. The monoisotopic (exact) mass is 228 g/mol. The summed E-state index contributed by atoms with van der Waals surface area (Å²) in [4.78, 5) is 4.14. The number of hydrogen-bond acceptors (Lipinski definition) is 3. The third-order valence-corrected chi connectivity index (χ3v) is 2.53. The quantitative estimate of drug-likeness (QED) is 0.854. The molecule has 0 amide bonds. The Labute approximate surface area is 101 Å². The Bertz CT molecular complexity index is 440. The summed E-state index contributed by atoms with van der Waals surface area (Å²) in [7, 11) is 1.62. The molecule has 2 aromatic rings. The molecule has 1 N–H and O–H groups in total. The third kappa shape index (κ3) is 3.48. The fourth-order valence-electron chi connectivity index (χ4n) is 1.60. The molecule has 0 unspecified atom stereocenters. The van der Waals surface area contributed by atoms with Crippen LogP contribution in [0.3, 0.4) is 0 Å². The van der Waals surface area contributed by atoms with Crippen molar-refractivity contribution in [2.24, 2.45) is 0 Å². The molecule has 0 aliphatic carbocycles. The minimum Gasteiger partial charge on any atom is -0.481 e. The number of rotatable bonds is 5. The number of pyridine rings is 1. The zero-order chi connectivity index (χ0) is 11.9. The van der Waals surface area contributed by atoms with E-state index in [9.17, 15) is 0 Å². The summed E-state index contributed by atoms with van der Waals surface area (Å²) in [6, 6.07) is 14.2. The Morgan fingerprint density at radius 3 is 2.59 bits per heavy atom. The largest absolute Gasteiger partial charge is 0.481 e. The second-order valence-electron chi connectivity index (χ2n) is 3.75. The van der Waals surface area contributed by atoms with E-state index < -0.39 is 0 Å². The van der Waals surface area contributed by atoms with Gasteiger partial charge < -0.3 is 10.1 Å². The molecule has 0 atom stereocenters. The summed E-state index contributed by atoms with van der Waals surface area (Å²) < 4.78 is 5.00. The Morgan fingerprint density at radius 1 is 1.12 bits per heavy atom. The summed E-state index contributed by atoms with van der Waals surface area (Å²) in [5.74, 6) is 0.638. The van der Waals surface area contributed by atoms with Crippen LogP contribution in [0, 0.1) is 0 Å². The molecule has 0 fully saturated rings. The lowest BCUT2D eigenvalue weighted by atomic mass is 10.1. The molecular formula is C14H16N2O. The molecule has 0 saturated heterocycles. The topological polar surface area (TPSA) is 34.1 Å². The first-order valence-corrected chi connectivity index (χ1v) is 5.66. The molecule has 0 radical (unpaired) electrons. The second-order valence-corrected chi connectivity index (χ2v) is 3.75. The van der Waals surface area contributed by atoms with E-state index in [2.05, 4.69) is 34.6 Å². The van der Waals surface area contributed by atoms with Crippen molar-refractivity contribution in [1.82, 2.24) is 4.98 Å². The number of nitrogens with one attached hydrogen (secondary N) is 1. The standard InChI is InChI=1S/C14H16N2O/c1-17-14-8-7-13(11-16-14)15-10-9-12-5-3-2-4-6-12/h2-8,11,15H,9-10H2,1H3. The van der Waals surface area contributed by atoms with Crippen molar-refractivity contribution in [3.8, 4) is 5.88 Å². The molecule has 88 valence electrons. The molecule has 3 nitrogen and oxygen atoms in total. The smallest absolute Gasteiger partial charge is 0.213 e. The minimum atomic E-state index is 0.638. The zero-order valence-electron chi connectivity index (χ0n) is 9.89. The Balaban J connectivity index is 1.82. The van der Waals surface area contributed by atoms with Gasteiger partial charge in [-0.25, -0.2) is 4.98 Å². The van der Waals surface area contributed by atoms with E-state index in [0.29, 0.717) is 5.88 Å². The van der Waals surface area contributed by atoms with Crippen molar-refractivity contribution in [2.75, 3.05) is 19.0 Å². The second kappa shape index (κ2) is 5.89. The van der Waals surface area contributed by atoms with Gasteiger partial charge in [0, 0.05) is 12.6 Å². The molecule has 0 saturated carbocycles. The van der Waals surface area contributed by atoms with E-state index >= 15 is 0 Å². The lowest BCUT2D eigenvalue weighted by molar-refractivity contribution is 0.398. The lowest BCUT2D eigenvalue weighted by Crippen LogP contribution is -2.05. The molecule has 1 heterocycles. The van der Waals surface area contributed by atoms with Crippen molar-refractivity contribution < 1.29 is 4.74 Å². The van der Waals surface area contributed by atoms with Gasteiger partial charge in [0.05, 0.1) is 19.0 Å². The van der Waals surface area contributed by atoms with Gasteiger partial charge in [-0.05, 0) is 18.1 Å². The van der Waals surface area contributed by atoms with Gasteiger partial charge in [-0.2, -0.15) is 0 Å². The fraction of sp³-hybridized carbons (Fsp3) is 0.214. The van der Waals surface area contributed by atoms with Gasteiger partial charge in [-0.15, -0.1) is 0 Å². The zero-order valence-corrected chi connectivity index (χ0v) is 9.89. The van der Waals surface area contributed by atoms with E-state index in [0.717, 1.165) is 18.7 Å². The first-order chi connectivity index (χ1) is 8.38. The molecule has 2 rings (SSSR count). The molecular weight excluding hydrogens is 212 g/mol. The minimum absolute atomic E-state index is 0.638. The van der Waals surface area contributed by atoms with Crippen molar-refractivity contribution >= 4 is 5.69 Å². The Morgan fingerprint density at radius 2 is 1.94 bits per heavy atom. The molecule has 17 heavy (non-hydrogen) atoms. The van der Waals surface area contributed by atoms with Crippen LogP contribution >= 0.6 is 0 Å². The molecule has 1 aromatic carbocycles. The van der Waals surface area contributed by atoms with Crippen LogP contribution in [0.2, 0.25) is 0 Å². The van der Waals surface area contributed by atoms with Gasteiger partial charge in [0.15, 0.2) is 0 Å². The van der Waals surface area contributed by atoms with Crippen molar-refractivity contribution in [1.29, 1.82) is 0 Å². The average molecular weight is 228 g/mol. The number of aromatic nitrogens is 1. The van der Waals surface area contributed by atoms with Crippen LogP contribution in [-0.4, -0.2) is 18.6 Å². The number of ether oxygens (including phenoxy) is 1. The maximum Gasteiger partial charge on any atom is 0.213 e. The van der Waals surface area contributed by atoms with Gasteiger partial charge in [0.1, 0.15) is 0 Å². The van der Waals surface area contributed by atoms with Gasteiger partial charge in [0.25, 0.3) is 0 Å². The van der Waals surface area contributed by atoms with Gasteiger partial charge in [-0.3, -0.25) is 0 Å². The van der Waals surface area contributed by atoms with E-state index in [1.165, 1.54) is 5.56 Å². The highest BCUT2D eigenvalue weighted by Gasteiger charge is 1.95. The van der Waals surface area contributed by atoms with E-state index in [1.807, 2.05) is 18.2 Å². The molecule has 0 spiro atoms. The normalized spacial score (nSPS) is 9.94. The maximum atomic E-state index is 5.00. The van der Waals surface area contributed by atoms with E-state index in [-0.39, 0.29) is 0 Å². The van der Waals surface area contributed by atoms with E-state index in [1.54, 1.807) is 13.3 Å². The highest BCUT2D eigenvalue weighted by atomic mass is 16.5. The van der Waals surface area contributed by atoms with Crippen molar-refractivity contribution in [2.45, 2.75) is 6.42 Å². The van der Waals surface area contributed by atoms with E-state index in [4.69, 9.17) is 4.74 Å². The summed E-state index contributed by atoms with van der Waals surface area (Å²) in [5, 5.41) is 3.33. The van der Waals surface area contributed by atoms with Crippen LogP contribution in [-0.2, 0) is 6.42 Å². The Kier molecular flexibility index (Phi) is 3.97. The maximum absolute atomic E-state index is 5.00. The molecule has 1 aromatic heterocycles. The first kappa shape index (κ1) is 11.5. The number of methoxy groups -OCH3 is 1. The predicted octanol–water partition coefficient (Wildman–Crippen LogP) is 2.74. The SMILES string of the molecule is COc1ccc(NCCc2ccccc2)cn1. The summed E-state index contributed by atoms with van der Waals surface area (Å²) in [6.45, 7) is 0.901. The van der Waals surface area contributed by atoms with Crippen molar-refractivity contribution in [3.63, 3.8) is 0 Å². The molecule has 0 aliphatic heterocycles.